The highest BCUT2D eigenvalue weighted by atomic mass is 32.2. The molecule has 0 spiro atoms. The van der Waals surface area contributed by atoms with Crippen LogP contribution in [0.15, 0.2) is 71.8 Å². The Morgan fingerprint density at radius 2 is 1.69 bits per heavy atom. The Hall–Kier alpha value is -5.49. The Bertz CT molecular complexity index is 2310. The van der Waals surface area contributed by atoms with Gasteiger partial charge in [-0.1, -0.05) is 6.07 Å². The first-order valence-electron chi connectivity index (χ1n) is 19.3. The molecule has 0 saturated carbocycles. The van der Waals surface area contributed by atoms with E-state index in [1.807, 2.05) is 31.2 Å². The van der Waals surface area contributed by atoms with E-state index in [0.29, 0.717) is 47.5 Å². The summed E-state index contributed by atoms with van der Waals surface area (Å²) in [5.41, 5.74) is 2.98. The number of nitrogens with zero attached hydrogens (tertiary/aromatic N) is 5. The van der Waals surface area contributed by atoms with Crippen LogP contribution in [0, 0.1) is 12.7 Å². The number of piperazine rings is 1. The van der Waals surface area contributed by atoms with Crippen molar-refractivity contribution >= 4 is 50.9 Å². The summed E-state index contributed by atoms with van der Waals surface area (Å²) < 4.78 is 49.7. The van der Waals surface area contributed by atoms with E-state index in [2.05, 4.69) is 40.4 Å². The van der Waals surface area contributed by atoms with Crippen LogP contribution in [-0.2, 0) is 32.7 Å². The quantitative estimate of drug-likeness (QED) is 0.140. The second-order valence-electron chi connectivity index (χ2n) is 15.8. The number of imide groups is 1. The van der Waals surface area contributed by atoms with Gasteiger partial charge in [0.05, 0.1) is 4.90 Å². The highest BCUT2D eigenvalue weighted by Gasteiger charge is 2.39. The fraction of sp³-hybridized carbons (Fsp3) is 0.390. The zero-order valence-corrected chi connectivity index (χ0v) is 33.8. The minimum Gasteiger partial charge on any atom is -0.492 e. The summed E-state index contributed by atoms with van der Waals surface area (Å²) in [4.78, 5) is 52.1. The summed E-state index contributed by atoms with van der Waals surface area (Å²) in [6, 6.07) is 16.3. The predicted molar refractivity (Wildman–Crippen MR) is 216 cm³/mol. The standard InChI is InChI=1S/C41H48FN9O6S/c1-26-23-43-40(47-37(26)44-30-6-5-7-32(21-30)58(55,56)48-41(2,3)4)45-29-8-10-31(11-9-29)57-19-18-49-14-16-50(17-15-49)24-28-20-27-25-51(39(54)33(27)22-34(28)42)35-12-13-36(52)46-38(35)53/h5-11,20-23,35,48H,12-19,24-25H2,1-4H3,(H,46,52,53)(H2,43,44,45,47). The second kappa shape index (κ2) is 16.8. The molecule has 2 fully saturated rings. The minimum atomic E-state index is -3.71. The number of hydrogen-bond donors (Lipinski definition) is 4. The molecule has 0 bridgehead atoms. The molecule has 58 heavy (non-hydrogen) atoms. The summed E-state index contributed by atoms with van der Waals surface area (Å²) in [7, 11) is -3.71. The van der Waals surface area contributed by atoms with E-state index in [1.54, 1.807) is 57.3 Å². The number of sulfonamides is 1. The Balaban J connectivity index is 0.857. The first kappa shape index (κ1) is 40.7. The van der Waals surface area contributed by atoms with Crippen molar-refractivity contribution < 1.29 is 31.9 Å². The van der Waals surface area contributed by atoms with Crippen molar-refractivity contribution in [1.82, 2.24) is 34.7 Å². The number of carbonyl (C=O) groups is 3. The van der Waals surface area contributed by atoms with Gasteiger partial charge in [0.2, 0.25) is 27.8 Å². The van der Waals surface area contributed by atoms with E-state index in [4.69, 9.17) is 4.74 Å². The molecule has 17 heteroatoms. The summed E-state index contributed by atoms with van der Waals surface area (Å²) in [5, 5.41) is 8.72. The fourth-order valence-corrected chi connectivity index (χ4v) is 8.66. The van der Waals surface area contributed by atoms with Gasteiger partial charge in [0, 0.05) is 92.0 Å². The van der Waals surface area contributed by atoms with Crippen LogP contribution in [0.1, 0.15) is 60.7 Å². The van der Waals surface area contributed by atoms with Crippen molar-refractivity contribution in [3.8, 4) is 5.75 Å². The number of aryl methyl sites for hydroxylation is 1. The summed E-state index contributed by atoms with van der Waals surface area (Å²) >= 11 is 0. The van der Waals surface area contributed by atoms with Crippen molar-refractivity contribution in [2.24, 2.45) is 0 Å². The molecule has 3 amide bonds. The largest absolute Gasteiger partial charge is 0.492 e. The number of carbonyl (C=O) groups excluding carboxylic acids is 3. The molecule has 3 aliphatic rings. The Morgan fingerprint density at radius 3 is 2.41 bits per heavy atom. The molecule has 2 saturated heterocycles. The van der Waals surface area contributed by atoms with E-state index >= 15 is 4.39 Å². The summed E-state index contributed by atoms with van der Waals surface area (Å²) in [6.07, 6.45) is 2.11. The Kier molecular flexibility index (Phi) is 11.8. The molecule has 0 aliphatic carbocycles. The van der Waals surface area contributed by atoms with Gasteiger partial charge in [-0.2, -0.15) is 4.98 Å². The third-order valence-corrected chi connectivity index (χ3v) is 11.9. The summed E-state index contributed by atoms with van der Waals surface area (Å²) in [5.74, 6) is -0.0441. The number of piperidine rings is 1. The third-order valence-electron chi connectivity index (χ3n) is 10.2. The maximum Gasteiger partial charge on any atom is 0.255 e. The van der Waals surface area contributed by atoms with Crippen molar-refractivity contribution in [3.63, 3.8) is 0 Å². The van der Waals surface area contributed by atoms with Crippen LogP contribution in [0.2, 0.25) is 0 Å². The minimum absolute atomic E-state index is 0.146. The van der Waals surface area contributed by atoms with Gasteiger partial charge in [0.1, 0.15) is 30.0 Å². The van der Waals surface area contributed by atoms with Gasteiger partial charge < -0.3 is 20.3 Å². The van der Waals surface area contributed by atoms with Crippen molar-refractivity contribution in [2.75, 3.05) is 50.0 Å². The van der Waals surface area contributed by atoms with Crippen LogP contribution in [0.3, 0.4) is 0 Å². The lowest BCUT2D eigenvalue weighted by molar-refractivity contribution is -0.136. The number of aromatic nitrogens is 2. The molecule has 1 atom stereocenters. The Morgan fingerprint density at radius 1 is 0.948 bits per heavy atom. The highest BCUT2D eigenvalue weighted by molar-refractivity contribution is 7.89. The maximum absolute atomic E-state index is 15.2. The maximum atomic E-state index is 15.2. The van der Waals surface area contributed by atoms with Gasteiger partial charge in [-0.15, -0.1) is 0 Å². The molecule has 3 aromatic carbocycles. The number of fused-ring (bicyclic) bond motifs is 1. The first-order valence-corrected chi connectivity index (χ1v) is 20.7. The van der Waals surface area contributed by atoms with Gasteiger partial charge in [-0.25, -0.2) is 22.5 Å². The van der Waals surface area contributed by atoms with Crippen molar-refractivity contribution in [2.45, 2.75) is 70.1 Å². The monoisotopic (exact) mass is 813 g/mol. The normalized spacial score (nSPS) is 17.9. The Labute approximate surface area is 337 Å². The molecule has 15 nitrogen and oxygen atoms in total. The number of halogens is 1. The molecule has 4 heterocycles. The number of anilines is 4. The highest BCUT2D eigenvalue weighted by Crippen LogP contribution is 2.30. The molecule has 7 rings (SSSR count). The molecule has 4 aromatic rings. The van der Waals surface area contributed by atoms with Crippen LogP contribution in [0.25, 0.3) is 0 Å². The molecule has 1 unspecified atom stereocenters. The van der Waals surface area contributed by atoms with Crippen LogP contribution < -0.4 is 25.4 Å². The SMILES string of the molecule is Cc1cnc(Nc2ccc(OCCN3CCN(Cc4cc5c(cc4F)C(=O)N(C4CCC(=O)NC4=O)C5)CC3)cc2)nc1Nc1cccc(S(=O)(=O)NC(C)(C)C)c1. The van der Waals surface area contributed by atoms with Gasteiger partial charge in [0.15, 0.2) is 0 Å². The lowest BCUT2D eigenvalue weighted by atomic mass is 10.0. The molecule has 1 aromatic heterocycles. The molecule has 4 N–H and O–H groups in total. The van der Waals surface area contributed by atoms with Gasteiger partial charge >= 0.3 is 0 Å². The number of amides is 3. The number of hydrogen-bond acceptors (Lipinski definition) is 12. The number of ether oxygens (including phenoxy) is 1. The number of rotatable bonds is 13. The zero-order valence-electron chi connectivity index (χ0n) is 33.0. The molecule has 0 radical (unpaired) electrons. The van der Waals surface area contributed by atoms with Crippen molar-refractivity contribution in [1.29, 1.82) is 0 Å². The first-order chi connectivity index (χ1) is 27.6. The van der Waals surface area contributed by atoms with E-state index < -0.39 is 33.3 Å². The predicted octanol–water partition coefficient (Wildman–Crippen LogP) is 4.45. The van der Waals surface area contributed by atoms with Gasteiger partial charge in [0.25, 0.3) is 5.91 Å². The lowest BCUT2D eigenvalue weighted by Gasteiger charge is -2.34. The van der Waals surface area contributed by atoms with E-state index in [-0.39, 0.29) is 41.7 Å². The van der Waals surface area contributed by atoms with Crippen LogP contribution in [0.5, 0.6) is 5.75 Å². The number of benzene rings is 3. The van der Waals surface area contributed by atoms with E-state index in [0.717, 1.165) is 44.0 Å². The smallest absolute Gasteiger partial charge is 0.255 e. The molecular weight excluding hydrogens is 766 g/mol. The second-order valence-corrected chi connectivity index (χ2v) is 17.5. The average molecular weight is 814 g/mol. The summed E-state index contributed by atoms with van der Waals surface area (Å²) in [6.45, 7) is 12.2. The van der Waals surface area contributed by atoms with E-state index in [1.165, 1.54) is 11.0 Å². The third kappa shape index (κ3) is 9.78. The molecule has 306 valence electrons. The van der Waals surface area contributed by atoms with Gasteiger partial charge in [-0.3, -0.25) is 29.5 Å². The topological polar surface area (TPSA) is 178 Å². The van der Waals surface area contributed by atoms with Crippen LogP contribution in [-0.4, -0.2) is 102 Å². The fourth-order valence-electron chi connectivity index (χ4n) is 7.20. The zero-order chi connectivity index (χ0) is 41.2. The van der Waals surface area contributed by atoms with E-state index in [9.17, 15) is 22.8 Å². The van der Waals surface area contributed by atoms with Gasteiger partial charge in [-0.05, 0) is 94.3 Å². The van der Waals surface area contributed by atoms with Crippen LogP contribution in [0.4, 0.5) is 27.5 Å². The molecular formula is C41H48FN9O6S. The number of nitrogens with one attached hydrogen (secondary N) is 4. The molecule has 3 aliphatic heterocycles. The van der Waals surface area contributed by atoms with Crippen molar-refractivity contribution in [3.05, 3.63) is 94.9 Å². The van der Waals surface area contributed by atoms with Crippen LogP contribution >= 0.6 is 0 Å². The lowest BCUT2D eigenvalue weighted by Crippen LogP contribution is -2.52. The average Bonchev–Trinajstić information content (AvgIpc) is 3.47.